The van der Waals surface area contributed by atoms with Gasteiger partial charge in [0.2, 0.25) is 5.91 Å². The van der Waals surface area contributed by atoms with E-state index in [0.29, 0.717) is 6.54 Å². The SMILES string of the molecule is CN(C)C(CNC(=O)C1(N)CCCC1)c1cccc(F)c1. The largest absolute Gasteiger partial charge is 0.353 e. The molecular formula is C16H24FN3O. The van der Waals surface area contributed by atoms with Crippen LogP contribution in [0.5, 0.6) is 0 Å². The topological polar surface area (TPSA) is 58.4 Å². The van der Waals surface area contributed by atoms with Crippen molar-refractivity contribution in [1.82, 2.24) is 10.2 Å². The number of nitrogens with one attached hydrogen (secondary N) is 1. The highest BCUT2D eigenvalue weighted by Crippen LogP contribution is 2.27. The Bertz CT molecular complexity index is 498. The molecule has 0 saturated heterocycles. The van der Waals surface area contributed by atoms with Gasteiger partial charge in [-0.2, -0.15) is 0 Å². The van der Waals surface area contributed by atoms with Gasteiger partial charge in [0, 0.05) is 6.54 Å². The molecule has 0 heterocycles. The maximum absolute atomic E-state index is 13.4. The highest BCUT2D eigenvalue weighted by atomic mass is 19.1. The minimum absolute atomic E-state index is 0.0744. The van der Waals surface area contributed by atoms with Gasteiger partial charge in [0.15, 0.2) is 0 Å². The standard InChI is InChI=1S/C16H24FN3O/c1-20(2)14(12-6-5-7-13(17)10-12)11-19-15(21)16(18)8-3-4-9-16/h5-7,10,14H,3-4,8-9,11,18H2,1-2H3,(H,19,21). The van der Waals surface area contributed by atoms with Crippen molar-refractivity contribution in [2.45, 2.75) is 37.3 Å². The van der Waals surface area contributed by atoms with E-state index in [0.717, 1.165) is 31.2 Å². The van der Waals surface area contributed by atoms with Gasteiger partial charge in [-0.15, -0.1) is 0 Å². The van der Waals surface area contributed by atoms with Gasteiger partial charge < -0.3 is 16.0 Å². The third-order valence-electron chi connectivity index (χ3n) is 4.26. The number of carbonyl (C=O) groups excluding carboxylic acids is 1. The number of carbonyl (C=O) groups is 1. The first-order valence-electron chi connectivity index (χ1n) is 7.41. The molecule has 1 amide bonds. The highest BCUT2D eigenvalue weighted by Gasteiger charge is 2.37. The second-order valence-electron chi connectivity index (χ2n) is 6.11. The molecule has 2 rings (SSSR count). The quantitative estimate of drug-likeness (QED) is 0.870. The molecule has 1 aromatic rings. The van der Waals surface area contributed by atoms with Gasteiger partial charge in [-0.1, -0.05) is 25.0 Å². The van der Waals surface area contributed by atoms with E-state index in [2.05, 4.69) is 5.32 Å². The van der Waals surface area contributed by atoms with Gasteiger partial charge in [0.25, 0.3) is 0 Å². The summed E-state index contributed by atoms with van der Waals surface area (Å²) in [5.41, 5.74) is 6.26. The molecule has 3 N–H and O–H groups in total. The molecule has 1 atom stereocenters. The predicted molar refractivity (Wildman–Crippen MR) is 81.2 cm³/mol. The van der Waals surface area contributed by atoms with Crippen LogP contribution in [-0.2, 0) is 4.79 Å². The third-order valence-corrected chi connectivity index (χ3v) is 4.26. The normalized spacial score (nSPS) is 18.7. The summed E-state index contributed by atoms with van der Waals surface area (Å²) >= 11 is 0. The minimum Gasteiger partial charge on any atom is -0.353 e. The number of hydrogen-bond acceptors (Lipinski definition) is 3. The van der Waals surface area contributed by atoms with Crippen LogP contribution in [0.15, 0.2) is 24.3 Å². The van der Waals surface area contributed by atoms with Crippen LogP contribution in [-0.4, -0.2) is 37.0 Å². The molecule has 0 aromatic heterocycles. The summed E-state index contributed by atoms with van der Waals surface area (Å²) in [6.45, 7) is 0.425. The van der Waals surface area contributed by atoms with E-state index < -0.39 is 5.54 Å². The summed E-state index contributed by atoms with van der Waals surface area (Å²) < 4.78 is 13.4. The average Bonchev–Trinajstić information content (AvgIpc) is 2.87. The summed E-state index contributed by atoms with van der Waals surface area (Å²) in [6, 6.07) is 6.40. The van der Waals surface area contributed by atoms with Crippen molar-refractivity contribution in [1.29, 1.82) is 0 Å². The number of rotatable bonds is 5. The zero-order chi connectivity index (χ0) is 15.5. The molecule has 1 saturated carbocycles. The first kappa shape index (κ1) is 15.9. The fourth-order valence-electron chi connectivity index (χ4n) is 2.91. The van der Waals surface area contributed by atoms with Crippen molar-refractivity contribution in [3.63, 3.8) is 0 Å². The molecule has 1 aliphatic rings. The van der Waals surface area contributed by atoms with Gasteiger partial charge in [0.1, 0.15) is 5.82 Å². The number of nitrogens with zero attached hydrogens (tertiary/aromatic N) is 1. The number of likely N-dealkylation sites (N-methyl/N-ethyl adjacent to an activating group) is 1. The number of halogens is 1. The maximum atomic E-state index is 13.4. The molecule has 1 aromatic carbocycles. The second-order valence-corrected chi connectivity index (χ2v) is 6.11. The molecule has 1 aliphatic carbocycles. The Morgan fingerprint density at radius 3 is 2.67 bits per heavy atom. The van der Waals surface area contributed by atoms with Crippen LogP contribution in [0, 0.1) is 5.82 Å². The Morgan fingerprint density at radius 1 is 1.43 bits per heavy atom. The Kier molecular flexibility index (Phi) is 4.96. The van der Waals surface area contributed by atoms with E-state index in [9.17, 15) is 9.18 Å². The first-order valence-corrected chi connectivity index (χ1v) is 7.41. The lowest BCUT2D eigenvalue weighted by Crippen LogP contribution is -2.53. The average molecular weight is 293 g/mol. The molecule has 116 valence electrons. The van der Waals surface area contributed by atoms with E-state index in [4.69, 9.17) is 5.73 Å². The molecule has 0 bridgehead atoms. The zero-order valence-corrected chi connectivity index (χ0v) is 12.7. The predicted octanol–water partition coefficient (Wildman–Crippen LogP) is 1.82. The Balaban J connectivity index is 2.02. The van der Waals surface area contributed by atoms with Crippen molar-refractivity contribution in [2.75, 3.05) is 20.6 Å². The van der Waals surface area contributed by atoms with Crippen LogP contribution < -0.4 is 11.1 Å². The summed E-state index contributed by atoms with van der Waals surface area (Å²) in [7, 11) is 3.82. The van der Waals surface area contributed by atoms with Crippen LogP contribution in [0.4, 0.5) is 4.39 Å². The maximum Gasteiger partial charge on any atom is 0.240 e. The van der Waals surface area contributed by atoms with Gasteiger partial charge in [-0.25, -0.2) is 4.39 Å². The summed E-state index contributed by atoms with van der Waals surface area (Å²) in [4.78, 5) is 14.2. The van der Waals surface area contributed by atoms with E-state index >= 15 is 0 Å². The third kappa shape index (κ3) is 3.80. The van der Waals surface area contributed by atoms with Crippen LogP contribution in [0.1, 0.15) is 37.3 Å². The van der Waals surface area contributed by atoms with E-state index in [-0.39, 0.29) is 17.8 Å². The molecule has 0 radical (unpaired) electrons. The van der Waals surface area contributed by atoms with Crippen molar-refractivity contribution in [3.8, 4) is 0 Å². The van der Waals surface area contributed by atoms with Crippen LogP contribution in [0.2, 0.25) is 0 Å². The number of amides is 1. The molecule has 4 nitrogen and oxygen atoms in total. The van der Waals surface area contributed by atoms with Gasteiger partial charge >= 0.3 is 0 Å². The molecule has 1 fully saturated rings. The van der Waals surface area contributed by atoms with Gasteiger partial charge in [0.05, 0.1) is 11.6 Å². The Labute approximate surface area is 125 Å². The molecule has 21 heavy (non-hydrogen) atoms. The lowest BCUT2D eigenvalue weighted by atomic mass is 9.97. The Hall–Kier alpha value is -1.46. The van der Waals surface area contributed by atoms with E-state index in [1.807, 2.05) is 25.1 Å². The highest BCUT2D eigenvalue weighted by molar-refractivity contribution is 5.86. The fourth-order valence-corrected chi connectivity index (χ4v) is 2.91. The summed E-state index contributed by atoms with van der Waals surface area (Å²) in [5, 5.41) is 2.94. The minimum atomic E-state index is -0.723. The van der Waals surface area contributed by atoms with Crippen molar-refractivity contribution in [3.05, 3.63) is 35.6 Å². The van der Waals surface area contributed by atoms with Crippen LogP contribution >= 0.6 is 0 Å². The number of benzene rings is 1. The van der Waals surface area contributed by atoms with Gasteiger partial charge in [-0.3, -0.25) is 4.79 Å². The van der Waals surface area contributed by atoms with Crippen LogP contribution in [0.25, 0.3) is 0 Å². The molecular weight excluding hydrogens is 269 g/mol. The number of nitrogens with two attached hydrogens (primary N) is 1. The first-order chi connectivity index (χ1) is 9.92. The van der Waals surface area contributed by atoms with Crippen LogP contribution in [0.3, 0.4) is 0 Å². The summed E-state index contributed by atoms with van der Waals surface area (Å²) in [6.07, 6.45) is 3.49. The van der Waals surface area contributed by atoms with Gasteiger partial charge in [-0.05, 0) is 44.6 Å². The van der Waals surface area contributed by atoms with E-state index in [1.54, 1.807) is 6.07 Å². The second kappa shape index (κ2) is 6.54. The van der Waals surface area contributed by atoms with E-state index in [1.165, 1.54) is 12.1 Å². The summed E-state index contributed by atoms with van der Waals surface area (Å²) in [5.74, 6) is -0.361. The number of hydrogen-bond donors (Lipinski definition) is 2. The molecule has 1 unspecified atom stereocenters. The molecule has 0 spiro atoms. The fraction of sp³-hybridized carbons (Fsp3) is 0.562. The van der Waals surface area contributed by atoms with Crippen molar-refractivity contribution < 1.29 is 9.18 Å². The lowest BCUT2D eigenvalue weighted by Gasteiger charge is -2.28. The van der Waals surface area contributed by atoms with Crippen molar-refractivity contribution >= 4 is 5.91 Å². The molecule has 0 aliphatic heterocycles. The smallest absolute Gasteiger partial charge is 0.240 e. The Morgan fingerprint density at radius 2 is 2.10 bits per heavy atom. The molecule has 5 heteroatoms. The lowest BCUT2D eigenvalue weighted by molar-refractivity contribution is -0.126. The monoisotopic (exact) mass is 293 g/mol. The zero-order valence-electron chi connectivity index (χ0n) is 12.7. The van der Waals surface area contributed by atoms with Crippen molar-refractivity contribution in [2.24, 2.45) is 5.73 Å².